The number of methoxy groups -OCH3 is 1. The lowest BCUT2D eigenvalue weighted by Crippen LogP contribution is -2.39. The summed E-state index contributed by atoms with van der Waals surface area (Å²) < 4.78 is 5.10. The molecule has 2 aromatic rings. The molecular formula is C17H17Cl2N3O2. The van der Waals surface area contributed by atoms with Gasteiger partial charge in [-0.2, -0.15) is 0 Å². The van der Waals surface area contributed by atoms with Gasteiger partial charge in [0.25, 0.3) is 0 Å². The van der Waals surface area contributed by atoms with E-state index in [9.17, 15) is 4.79 Å². The minimum atomic E-state index is -0.352. The molecule has 2 aromatic carbocycles. The molecule has 7 heteroatoms. The van der Waals surface area contributed by atoms with E-state index >= 15 is 0 Å². The van der Waals surface area contributed by atoms with Gasteiger partial charge in [0.2, 0.25) is 5.91 Å². The lowest BCUT2D eigenvalue weighted by atomic mass is 10.0. The molecule has 5 nitrogen and oxygen atoms in total. The van der Waals surface area contributed by atoms with Crippen molar-refractivity contribution in [1.82, 2.24) is 10.9 Å². The fourth-order valence-corrected chi connectivity index (χ4v) is 3.10. The molecule has 3 N–H and O–H groups in total. The Kier molecular flexibility index (Phi) is 5.26. The first-order valence-corrected chi connectivity index (χ1v) is 8.23. The van der Waals surface area contributed by atoms with E-state index in [0.29, 0.717) is 27.9 Å². The third kappa shape index (κ3) is 3.82. The number of amides is 1. The predicted octanol–water partition coefficient (Wildman–Crippen LogP) is 3.55. The van der Waals surface area contributed by atoms with Gasteiger partial charge in [0, 0.05) is 16.8 Å². The minimum Gasteiger partial charge on any atom is -0.495 e. The van der Waals surface area contributed by atoms with Gasteiger partial charge in [-0.05, 0) is 42.3 Å². The van der Waals surface area contributed by atoms with Crippen molar-refractivity contribution in [1.29, 1.82) is 0 Å². The Balaban J connectivity index is 1.63. The van der Waals surface area contributed by atoms with Crippen LogP contribution in [-0.4, -0.2) is 19.1 Å². The van der Waals surface area contributed by atoms with Crippen molar-refractivity contribution in [2.45, 2.75) is 18.5 Å². The number of nitrogens with one attached hydrogen (secondary N) is 3. The van der Waals surface area contributed by atoms with E-state index in [-0.39, 0.29) is 18.0 Å². The van der Waals surface area contributed by atoms with E-state index in [1.165, 1.54) is 0 Å². The molecule has 0 saturated carbocycles. The van der Waals surface area contributed by atoms with Crippen LogP contribution in [0.1, 0.15) is 18.0 Å². The van der Waals surface area contributed by atoms with Crippen molar-refractivity contribution < 1.29 is 9.53 Å². The van der Waals surface area contributed by atoms with Crippen LogP contribution in [0.3, 0.4) is 0 Å². The Hall–Kier alpha value is -1.79. The third-order valence-electron chi connectivity index (χ3n) is 3.89. The number of rotatable bonds is 4. The molecule has 1 fully saturated rings. The summed E-state index contributed by atoms with van der Waals surface area (Å²) in [6.45, 7) is 0. The van der Waals surface area contributed by atoms with Crippen molar-refractivity contribution in [3.05, 3.63) is 58.1 Å². The molecule has 1 heterocycles. The number of halogens is 2. The summed E-state index contributed by atoms with van der Waals surface area (Å²) in [7, 11) is 1.55. The molecule has 1 aliphatic rings. The van der Waals surface area contributed by atoms with Crippen LogP contribution in [0, 0.1) is 0 Å². The molecule has 0 aromatic heterocycles. The quantitative estimate of drug-likeness (QED) is 0.775. The zero-order chi connectivity index (χ0) is 17.1. The zero-order valence-electron chi connectivity index (χ0n) is 13.0. The fraction of sp³-hybridized carbons (Fsp3) is 0.235. The topological polar surface area (TPSA) is 62.4 Å². The first-order chi connectivity index (χ1) is 11.6. The average Bonchev–Trinajstić information content (AvgIpc) is 3.05. The highest BCUT2D eigenvalue weighted by atomic mass is 35.5. The largest absolute Gasteiger partial charge is 0.495 e. The van der Waals surface area contributed by atoms with E-state index in [2.05, 4.69) is 16.2 Å². The molecule has 2 atom stereocenters. The van der Waals surface area contributed by atoms with E-state index in [1.807, 2.05) is 24.3 Å². The van der Waals surface area contributed by atoms with Gasteiger partial charge in [-0.15, -0.1) is 0 Å². The van der Waals surface area contributed by atoms with Gasteiger partial charge in [-0.3, -0.25) is 4.79 Å². The van der Waals surface area contributed by atoms with Crippen LogP contribution in [0.25, 0.3) is 0 Å². The SMILES string of the molecule is COc1ccc(NC(=O)C2CC(c3cccc(Cl)c3)NN2)cc1Cl. The molecule has 0 bridgehead atoms. The zero-order valence-corrected chi connectivity index (χ0v) is 14.5. The Morgan fingerprint density at radius 3 is 2.75 bits per heavy atom. The summed E-state index contributed by atoms with van der Waals surface area (Å²) in [5.74, 6) is 0.435. The number of anilines is 1. The maximum absolute atomic E-state index is 12.4. The van der Waals surface area contributed by atoms with Crippen molar-refractivity contribution in [2.75, 3.05) is 12.4 Å². The second-order valence-electron chi connectivity index (χ2n) is 5.52. The van der Waals surface area contributed by atoms with Crippen LogP contribution in [0.5, 0.6) is 5.75 Å². The second-order valence-corrected chi connectivity index (χ2v) is 6.37. The summed E-state index contributed by atoms with van der Waals surface area (Å²) in [4.78, 5) is 12.4. The summed E-state index contributed by atoms with van der Waals surface area (Å²) in [6, 6.07) is 12.4. The minimum absolute atomic E-state index is 0.0268. The first kappa shape index (κ1) is 17.0. The van der Waals surface area contributed by atoms with Crippen LogP contribution >= 0.6 is 23.2 Å². The highest BCUT2D eigenvalue weighted by Gasteiger charge is 2.30. The normalized spacial score (nSPS) is 20.0. The van der Waals surface area contributed by atoms with E-state index in [1.54, 1.807) is 25.3 Å². The van der Waals surface area contributed by atoms with Crippen molar-refractivity contribution >= 4 is 34.8 Å². The molecule has 1 saturated heterocycles. The lowest BCUT2D eigenvalue weighted by molar-refractivity contribution is -0.117. The standard InChI is InChI=1S/C17H17Cl2N3O2/c1-24-16-6-5-12(8-13(16)19)20-17(23)15-9-14(21-22-15)10-3-2-4-11(18)7-10/h2-8,14-15,21-22H,9H2,1H3,(H,20,23). The molecule has 1 amide bonds. The summed E-state index contributed by atoms with van der Waals surface area (Å²) in [5.41, 5.74) is 7.81. The van der Waals surface area contributed by atoms with Gasteiger partial charge in [0.05, 0.1) is 12.1 Å². The van der Waals surface area contributed by atoms with Crippen molar-refractivity contribution in [2.24, 2.45) is 0 Å². The molecule has 0 radical (unpaired) electrons. The molecule has 2 unspecified atom stereocenters. The Bertz CT molecular complexity index is 754. The Morgan fingerprint density at radius 2 is 2.04 bits per heavy atom. The number of benzene rings is 2. The lowest BCUT2D eigenvalue weighted by Gasteiger charge is -2.12. The Morgan fingerprint density at radius 1 is 1.21 bits per heavy atom. The number of carbonyl (C=O) groups is 1. The molecule has 1 aliphatic heterocycles. The molecule has 3 rings (SSSR count). The maximum Gasteiger partial charge on any atom is 0.242 e. The van der Waals surface area contributed by atoms with Gasteiger partial charge in [-0.25, -0.2) is 10.9 Å². The number of ether oxygens (including phenoxy) is 1. The van der Waals surface area contributed by atoms with E-state index < -0.39 is 0 Å². The average molecular weight is 366 g/mol. The molecule has 0 spiro atoms. The highest BCUT2D eigenvalue weighted by molar-refractivity contribution is 6.32. The summed E-state index contributed by atoms with van der Waals surface area (Å²) in [6.07, 6.45) is 0.621. The molecule has 126 valence electrons. The van der Waals surface area contributed by atoms with Crippen LogP contribution in [0.15, 0.2) is 42.5 Å². The van der Waals surface area contributed by atoms with E-state index in [0.717, 1.165) is 5.56 Å². The summed E-state index contributed by atoms with van der Waals surface area (Å²) in [5, 5.41) is 3.98. The molecule has 24 heavy (non-hydrogen) atoms. The third-order valence-corrected chi connectivity index (χ3v) is 4.42. The smallest absolute Gasteiger partial charge is 0.242 e. The van der Waals surface area contributed by atoms with Crippen LogP contribution in [0.2, 0.25) is 10.0 Å². The number of hydrogen-bond donors (Lipinski definition) is 3. The van der Waals surface area contributed by atoms with Crippen LogP contribution < -0.4 is 20.9 Å². The van der Waals surface area contributed by atoms with Gasteiger partial charge in [0.15, 0.2) is 0 Å². The number of hydrazine groups is 1. The van der Waals surface area contributed by atoms with Crippen LogP contribution in [-0.2, 0) is 4.79 Å². The van der Waals surface area contributed by atoms with Crippen molar-refractivity contribution in [3.8, 4) is 5.75 Å². The number of hydrogen-bond acceptors (Lipinski definition) is 4. The first-order valence-electron chi connectivity index (χ1n) is 7.48. The fourth-order valence-electron chi connectivity index (χ4n) is 2.64. The van der Waals surface area contributed by atoms with Crippen molar-refractivity contribution in [3.63, 3.8) is 0 Å². The van der Waals surface area contributed by atoms with Gasteiger partial charge < -0.3 is 10.1 Å². The van der Waals surface area contributed by atoms with Crippen LogP contribution in [0.4, 0.5) is 5.69 Å². The summed E-state index contributed by atoms with van der Waals surface area (Å²) >= 11 is 12.1. The molecule has 0 aliphatic carbocycles. The maximum atomic E-state index is 12.4. The predicted molar refractivity (Wildman–Crippen MR) is 95.5 cm³/mol. The monoisotopic (exact) mass is 365 g/mol. The molecular weight excluding hydrogens is 349 g/mol. The van der Waals surface area contributed by atoms with Gasteiger partial charge >= 0.3 is 0 Å². The van der Waals surface area contributed by atoms with E-state index in [4.69, 9.17) is 27.9 Å². The Labute approximate surface area is 150 Å². The second kappa shape index (κ2) is 7.40. The van der Waals surface area contributed by atoms with Gasteiger partial charge in [0.1, 0.15) is 11.8 Å². The number of carbonyl (C=O) groups excluding carboxylic acids is 1. The van der Waals surface area contributed by atoms with Gasteiger partial charge in [-0.1, -0.05) is 35.3 Å². The highest BCUT2D eigenvalue weighted by Crippen LogP contribution is 2.28.